The molecule has 1 heterocycles. The molecule has 0 unspecified atom stereocenters. The molecule has 1 aliphatic rings. The summed E-state index contributed by atoms with van der Waals surface area (Å²) in [4.78, 5) is 1.90. The van der Waals surface area contributed by atoms with Crippen LogP contribution in [0.4, 0.5) is 10.1 Å². The Morgan fingerprint density at radius 2 is 1.80 bits per heavy atom. The number of nitrogens with zero attached hydrogens (tertiary/aromatic N) is 2. The van der Waals surface area contributed by atoms with Crippen molar-refractivity contribution in [1.29, 1.82) is 0 Å². The third-order valence-corrected chi connectivity index (χ3v) is 5.54. The third-order valence-electron chi connectivity index (χ3n) is 3.58. The molecule has 0 atom stereocenters. The predicted octanol–water partition coefficient (Wildman–Crippen LogP) is 2.08. The summed E-state index contributed by atoms with van der Waals surface area (Å²) in [5.74, 6) is -0.0433. The summed E-state index contributed by atoms with van der Waals surface area (Å²) >= 11 is 0. The van der Waals surface area contributed by atoms with Crippen LogP contribution >= 0.6 is 0 Å². The molecular formula is C14H21FN2O2S. The molecule has 1 saturated heterocycles. The van der Waals surface area contributed by atoms with E-state index in [-0.39, 0.29) is 11.6 Å². The van der Waals surface area contributed by atoms with Crippen LogP contribution in [0.25, 0.3) is 0 Å². The first-order chi connectivity index (χ1) is 9.54. The van der Waals surface area contributed by atoms with E-state index in [1.807, 2.05) is 11.8 Å². The lowest BCUT2D eigenvalue weighted by atomic mass is 10.2. The van der Waals surface area contributed by atoms with E-state index in [1.165, 1.54) is 10.4 Å². The molecule has 0 aliphatic carbocycles. The van der Waals surface area contributed by atoms with E-state index >= 15 is 0 Å². The maximum atomic E-state index is 13.7. The number of sulfonamides is 1. The summed E-state index contributed by atoms with van der Waals surface area (Å²) in [5.41, 5.74) is 0.554. The molecule has 1 aromatic carbocycles. The van der Waals surface area contributed by atoms with Crippen LogP contribution in [0.5, 0.6) is 0 Å². The molecule has 0 amide bonds. The van der Waals surface area contributed by atoms with Gasteiger partial charge < -0.3 is 4.90 Å². The van der Waals surface area contributed by atoms with Gasteiger partial charge in [-0.2, -0.15) is 4.31 Å². The first kappa shape index (κ1) is 15.3. The van der Waals surface area contributed by atoms with Gasteiger partial charge in [-0.15, -0.1) is 0 Å². The van der Waals surface area contributed by atoms with Gasteiger partial charge >= 0.3 is 0 Å². The second-order valence-corrected chi connectivity index (χ2v) is 7.10. The van der Waals surface area contributed by atoms with Gasteiger partial charge in [-0.05, 0) is 18.6 Å². The van der Waals surface area contributed by atoms with E-state index in [0.717, 1.165) is 6.42 Å². The molecule has 0 bridgehead atoms. The highest BCUT2D eigenvalue weighted by molar-refractivity contribution is 7.89. The zero-order chi connectivity index (χ0) is 14.6. The van der Waals surface area contributed by atoms with Gasteiger partial charge in [-0.1, -0.05) is 25.5 Å². The SMILES string of the molecule is CCCCS(=O)(=O)N1CCN(c2ccccc2F)CC1. The molecule has 0 spiro atoms. The minimum atomic E-state index is -3.15. The fourth-order valence-electron chi connectivity index (χ4n) is 2.37. The third kappa shape index (κ3) is 3.49. The average molecular weight is 300 g/mol. The van der Waals surface area contributed by atoms with Crippen molar-refractivity contribution < 1.29 is 12.8 Å². The Morgan fingerprint density at radius 1 is 1.15 bits per heavy atom. The van der Waals surface area contributed by atoms with E-state index in [1.54, 1.807) is 18.2 Å². The fourth-order valence-corrected chi connectivity index (χ4v) is 4.00. The largest absolute Gasteiger partial charge is 0.367 e. The first-order valence-electron chi connectivity index (χ1n) is 7.02. The van der Waals surface area contributed by atoms with E-state index in [4.69, 9.17) is 0 Å². The van der Waals surface area contributed by atoms with Gasteiger partial charge in [-0.25, -0.2) is 12.8 Å². The van der Waals surface area contributed by atoms with Crippen molar-refractivity contribution in [3.63, 3.8) is 0 Å². The number of rotatable bonds is 5. The minimum Gasteiger partial charge on any atom is -0.367 e. The lowest BCUT2D eigenvalue weighted by Crippen LogP contribution is -2.49. The lowest BCUT2D eigenvalue weighted by Gasteiger charge is -2.35. The standard InChI is InChI=1S/C14H21FN2O2S/c1-2-3-12-20(18,19)17-10-8-16(9-11-17)14-7-5-4-6-13(14)15/h4-7H,2-3,8-12H2,1H3. The van der Waals surface area contributed by atoms with Gasteiger partial charge in [0.05, 0.1) is 11.4 Å². The van der Waals surface area contributed by atoms with Crippen LogP contribution in [0.2, 0.25) is 0 Å². The van der Waals surface area contributed by atoms with Crippen molar-refractivity contribution in [2.24, 2.45) is 0 Å². The zero-order valence-electron chi connectivity index (χ0n) is 11.8. The smallest absolute Gasteiger partial charge is 0.214 e. The molecule has 2 rings (SSSR count). The first-order valence-corrected chi connectivity index (χ1v) is 8.63. The number of piperazine rings is 1. The molecule has 1 fully saturated rings. The van der Waals surface area contributed by atoms with Crippen LogP contribution in [0, 0.1) is 5.82 Å². The van der Waals surface area contributed by atoms with E-state index in [2.05, 4.69) is 0 Å². The summed E-state index contributed by atoms with van der Waals surface area (Å²) in [6.45, 7) is 3.91. The molecule has 6 heteroatoms. The van der Waals surface area contributed by atoms with Crippen molar-refractivity contribution >= 4 is 15.7 Å². The van der Waals surface area contributed by atoms with Crippen molar-refractivity contribution in [2.45, 2.75) is 19.8 Å². The quantitative estimate of drug-likeness (QED) is 0.836. The molecule has 0 radical (unpaired) electrons. The Balaban J connectivity index is 1.98. The Bertz CT molecular complexity index is 540. The zero-order valence-corrected chi connectivity index (χ0v) is 12.6. The summed E-state index contributed by atoms with van der Waals surface area (Å²) in [6.07, 6.45) is 1.56. The van der Waals surface area contributed by atoms with Gasteiger partial charge in [0.1, 0.15) is 5.82 Å². The Kier molecular flexibility index (Phi) is 4.99. The highest BCUT2D eigenvalue weighted by atomic mass is 32.2. The van der Waals surface area contributed by atoms with Crippen molar-refractivity contribution in [2.75, 3.05) is 36.8 Å². The number of anilines is 1. The Morgan fingerprint density at radius 3 is 2.40 bits per heavy atom. The highest BCUT2D eigenvalue weighted by Gasteiger charge is 2.27. The number of hydrogen-bond donors (Lipinski definition) is 0. The maximum absolute atomic E-state index is 13.7. The van der Waals surface area contributed by atoms with Crippen LogP contribution in [-0.4, -0.2) is 44.7 Å². The molecule has 0 N–H and O–H groups in total. The van der Waals surface area contributed by atoms with Crippen molar-refractivity contribution in [1.82, 2.24) is 4.31 Å². The highest BCUT2D eigenvalue weighted by Crippen LogP contribution is 2.21. The Hall–Kier alpha value is -1.14. The number of benzene rings is 1. The van der Waals surface area contributed by atoms with E-state index in [9.17, 15) is 12.8 Å². The number of para-hydroxylation sites is 1. The van der Waals surface area contributed by atoms with Gasteiger partial charge in [0, 0.05) is 26.2 Å². The van der Waals surface area contributed by atoms with Crippen LogP contribution < -0.4 is 4.90 Å². The van der Waals surface area contributed by atoms with Gasteiger partial charge in [0.2, 0.25) is 10.0 Å². The second kappa shape index (κ2) is 6.54. The maximum Gasteiger partial charge on any atom is 0.214 e. The number of unbranched alkanes of at least 4 members (excludes halogenated alkanes) is 1. The van der Waals surface area contributed by atoms with Crippen LogP contribution in [0.15, 0.2) is 24.3 Å². The molecular weight excluding hydrogens is 279 g/mol. The Labute approximate surface area is 120 Å². The number of hydrogen-bond acceptors (Lipinski definition) is 3. The van der Waals surface area contributed by atoms with E-state index < -0.39 is 10.0 Å². The van der Waals surface area contributed by atoms with E-state index in [0.29, 0.717) is 38.3 Å². The molecule has 112 valence electrons. The normalized spacial score (nSPS) is 17.4. The summed E-state index contributed by atoms with van der Waals surface area (Å²) in [5, 5.41) is 0. The summed E-state index contributed by atoms with van der Waals surface area (Å²) in [7, 11) is -3.15. The monoisotopic (exact) mass is 300 g/mol. The molecule has 1 aromatic rings. The minimum absolute atomic E-state index is 0.212. The predicted molar refractivity (Wildman–Crippen MR) is 78.9 cm³/mol. The van der Waals surface area contributed by atoms with Crippen LogP contribution in [0.1, 0.15) is 19.8 Å². The summed E-state index contributed by atoms with van der Waals surface area (Å²) < 4.78 is 39.4. The summed E-state index contributed by atoms with van der Waals surface area (Å²) in [6, 6.07) is 6.61. The lowest BCUT2D eigenvalue weighted by molar-refractivity contribution is 0.382. The second-order valence-electron chi connectivity index (χ2n) is 5.01. The molecule has 20 heavy (non-hydrogen) atoms. The van der Waals surface area contributed by atoms with Gasteiger partial charge in [0.15, 0.2) is 0 Å². The van der Waals surface area contributed by atoms with Crippen LogP contribution in [0.3, 0.4) is 0 Å². The topological polar surface area (TPSA) is 40.6 Å². The molecule has 4 nitrogen and oxygen atoms in total. The van der Waals surface area contributed by atoms with Crippen molar-refractivity contribution in [3.05, 3.63) is 30.1 Å². The molecule has 1 aliphatic heterocycles. The van der Waals surface area contributed by atoms with Gasteiger partial charge in [0.25, 0.3) is 0 Å². The fraction of sp³-hybridized carbons (Fsp3) is 0.571. The number of halogens is 1. The molecule has 0 aromatic heterocycles. The molecule has 0 saturated carbocycles. The van der Waals surface area contributed by atoms with Crippen molar-refractivity contribution in [3.8, 4) is 0 Å². The average Bonchev–Trinajstić information content (AvgIpc) is 2.46. The van der Waals surface area contributed by atoms with Crippen LogP contribution in [-0.2, 0) is 10.0 Å². The van der Waals surface area contributed by atoms with Gasteiger partial charge in [-0.3, -0.25) is 0 Å².